The van der Waals surface area contributed by atoms with Gasteiger partial charge in [-0.15, -0.1) is 0 Å². The Hall–Kier alpha value is -1.50. The second kappa shape index (κ2) is 6.83. The largest absolute Gasteiger partial charge is 0.273 e. The molecule has 1 aromatic carbocycles. The Balaban J connectivity index is 1.90. The lowest BCUT2D eigenvalue weighted by Gasteiger charge is -2.26. The predicted molar refractivity (Wildman–Crippen MR) is 99.0 cm³/mol. The molecule has 0 saturated carbocycles. The number of anilines is 1. The third kappa shape index (κ3) is 3.75. The van der Waals surface area contributed by atoms with Crippen molar-refractivity contribution < 1.29 is 30.0 Å². The first-order valence-corrected chi connectivity index (χ1v) is 13.2. The SMILES string of the molecule is CCN(C1CCS(=O)(=O)C1)S(=O)(=O)c1ccc(N2C(=O)CCS2(=O)=O)cc1. The maximum Gasteiger partial charge on any atom is 0.243 e. The number of rotatable bonds is 5. The topological polar surface area (TPSA) is 126 Å². The van der Waals surface area contributed by atoms with Crippen LogP contribution < -0.4 is 4.31 Å². The third-order valence-electron chi connectivity index (χ3n) is 4.68. The van der Waals surface area contributed by atoms with E-state index in [1.807, 2.05) is 0 Å². The van der Waals surface area contributed by atoms with E-state index in [2.05, 4.69) is 0 Å². The van der Waals surface area contributed by atoms with Gasteiger partial charge in [-0.2, -0.15) is 4.31 Å². The van der Waals surface area contributed by atoms with E-state index in [9.17, 15) is 30.0 Å². The zero-order valence-corrected chi connectivity index (χ0v) is 17.1. The standard InChI is InChI=1S/C15H20N2O7S3/c1-2-16(13-7-9-25(19,20)11-13)27(23,24)14-5-3-12(4-6-14)17-15(18)8-10-26(17,21)22/h3-6,13H,2,7-11H2,1H3. The molecule has 0 aromatic heterocycles. The summed E-state index contributed by atoms with van der Waals surface area (Å²) < 4.78 is 75.0. The van der Waals surface area contributed by atoms with Crippen molar-refractivity contribution >= 4 is 41.5 Å². The molecule has 0 bridgehead atoms. The second-order valence-corrected chi connectivity index (χ2v) is 12.5. The number of hydrogen-bond acceptors (Lipinski definition) is 7. The smallest absolute Gasteiger partial charge is 0.243 e. The molecule has 1 atom stereocenters. The molecule has 2 heterocycles. The first-order valence-electron chi connectivity index (χ1n) is 8.36. The van der Waals surface area contributed by atoms with Gasteiger partial charge >= 0.3 is 0 Å². The summed E-state index contributed by atoms with van der Waals surface area (Å²) in [5.41, 5.74) is 0.0861. The Morgan fingerprint density at radius 1 is 1.11 bits per heavy atom. The summed E-state index contributed by atoms with van der Waals surface area (Å²) in [6.45, 7) is 1.75. The molecule has 9 nitrogen and oxygen atoms in total. The van der Waals surface area contributed by atoms with Crippen LogP contribution in [0.4, 0.5) is 5.69 Å². The van der Waals surface area contributed by atoms with E-state index in [1.165, 1.54) is 24.3 Å². The molecular weight excluding hydrogens is 416 g/mol. The molecule has 1 unspecified atom stereocenters. The summed E-state index contributed by atoms with van der Waals surface area (Å²) >= 11 is 0. The van der Waals surface area contributed by atoms with Crippen LogP contribution in [0.25, 0.3) is 0 Å². The number of hydrogen-bond donors (Lipinski definition) is 0. The third-order valence-corrected chi connectivity index (χ3v) is 10.2. The van der Waals surface area contributed by atoms with E-state index in [0.29, 0.717) is 4.31 Å². The van der Waals surface area contributed by atoms with Gasteiger partial charge in [-0.1, -0.05) is 6.92 Å². The maximum atomic E-state index is 12.9. The highest BCUT2D eigenvalue weighted by molar-refractivity contribution is 7.94. The maximum absolute atomic E-state index is 12.9. The number of sulfone groups is 1. The molecule has 0 spiro atoms. The Bertz CT molecular complexity index is 1060. The molecule has 0 aliphatic carbocycles. The fraction of sp³-hybridized carbons (Fsp3) is 0.533. The second-order valence-electron chi connectivity index (χ2n) is 6.48. The zero-order chi connectivity index (χ0) is 20.0. The highest BCUT2D eigenvalue weighted by Crippen LogP contribution is 2.29. The van der Waals surface area contributed by atoms with Crippen LogP contribution in [0.3, 0.4) is 0 Å². The van der Waals surface area contributed by atoms with Crippen LogP contribution in [0.1, 0.15) is 19.8 Å². The van der Waals surface area contributed by atoms with Crippen molar-refractivity contribution in [3.8, 4) is 0 Å². The lowest BCUT2D eigenvalue weighted by molar-refractivity contribution is -0.116. The van der Waals surface area contributed by atoms with Crippen molar-refractivity contribution in [1.29, 1.82) is 0 Å². The van der Waals surface area contributed by atoms with Gasteiger partial charge in [-0.3, -0.25) is 4.79 Å². The van der Waals surface area contributed by atoms with Crippen molar-refractivity contribution in [2.45, 2.75) is 30.7 Å². The van der Waals surface area contributed by atoms with Crippen LogP contribution in [-0.4, -0.2) is 65.3 Å². The van der Waals surface area contributed by atoms with Gasteiger partial charge in [0.25, 0.3) is 0 Å². The fourth-order valence-electron chi connectivity index (χ4n) is 3.38. The van der Waals surface area contributed by atoms with Gasteiger partial charge in [-0.05, 0) is 30.7 Å². The van der Waals surface area contributed by atoms with Crippen LogP contribution in [0, 0.1) is 0 Å². The van der Waals surface area contributed by atoms with Gasteiger partial charge in [0.15, 0.2) is 9.84 Å². The number of benzene rings is 1. The van der Waals surface area contributed by atoms with Crippen LogP contribution >= 0.6 is 0 Å². The number of carbonyl (C=O) groups excluding carboxylic acids is 1. The Kier molecular flexibility index (Phi) is 5.12. The minimum atomic E-state index is -3.95. The Morgan fingerprint density at radius 2 is 1.74 bits per heavy atom. The van der Waals surface area contributed by atoms with Gasteiger partial charge in [-0.25, -0.2) is 29.6 Å². The van der Waals surface area contributed by atoms with Gasteiger partial charge in [0.2, 0.25) is 26.0 Å². The Labute approximate surface area is 159 Å². The number of amides is 1. The van der Waals surface area contributed by atoms with Crippen molar-refractivity contribution in [2.24, 2.45) is 0 Å². The summed E-state index contributed by atoms with van der Waals surface area (Å²) in [7, 11) is -10.9. The van der Waals surface area contributed by atoms with Gasteiger partial charge in [0.05, 0.1) is 27.8 Å². The average Bonchev–Trinajstić information content (AvgIpc) is 3.06. The molecule has 0 N–H and O–H groups in total. The lowest BCUT2D eigenvalue weighted by atomic mass is 10.3. The molecule has 2 aliphatic heterocycles. The number of nitrogens with zero attached hydrogens (tertiary/aromatic N) is 2. The van der Waals surface area contributed by atoms with Gasteiger partial charge in [0.1, 0.15) is 0 Å². The molecular formula is C15H20N2O7S3. The summed E-state index contributed by atoms with van der Waals surface area (Å²) in [6.07, 6.45) is 0.135. The van der Waals surface area contributed by atoms with Crippen LogP contribution in [-0.2, 0) is 34.7 Å². The quantitative estimate of drug-likeness (QED) is 0.633. The van der Waals surface area contributed by atoms with Crippen LogP contribution in [0.5, 0.6) is 0 Å². The number of carbonyl (C=O) groups is 1. The summed E-state index contributed by atoms with van der Waals surface area (Å²) in [5.74, 6) is -1.08. The van der Waals surface area contributed by atoms with Gasteiger partial charge < -0.3 is 0 Å². The molecule has 12 heteroatoms. The van der Waals surface area contributed by atoms with Crippen LogP contribution in [0.15, 0.2) is 29.2 Å². The van der Waals surface area contributed by atoms with Crippen molar-refractivity contribution in [3.63, 3.8) is 0 Å². The van der Waals surface area contributed by atoms with Crippen LogP contribution in [0.2, 0.25) is 0 Å². The van der Waals surface area contributed by atoms with E-state index < -0.39 is 41.8 Å². The molecule has 1 amide bonds. The molecule has 0 radical (unpaired) electrons. The molecule has 1 aromatic rings. The van der Waals surface area contributed by atoms with Crippen molar-refractivity contribution in [1.82, 2.24) is 4.31 Å². The van der Waals surface area contributed by atoms with Crippen molar-refractivity contribution in [3.05, 3.63) is 24.3 Å². The minimum absolute atomic E-state index is 0.0441. The van der Waals surface area contributed by atoms with E-state index in [4.69, 9.17) is 0 Å². The first kappa shape index (κ1) is 20.2. The highest BCUT2D eigenvalue weighted by atomic mass is 32.2. The monoisotopic (exact) mass is 436 g/mol. The molecule has 2 fully saturated rings. The predicted octanol–water partition coefficient (Wildman–Crippen LogP) is -0.0492. The summed E-state index contributed by atoms with van der Waals surface area (Å²) in [5, 5.41) is 0. The minimum Gasteiger partial charge on any atom is -0.273 e. The molecule has 3 rings (SSSR count). The summed E-state index contributed by atoms with van der Waals surface area (Å²) in [6, 6.07) is 4.39. The fourth-order valence-corrected chi connectivity index (χ4v) is 8.33. The number of sulfonamides is 2. The highest BCUT2D eigenvalue weighted by Gasteiger charge is 2.39. The lowest BCUT2D eigenvalue weighted by Crippen LogP contribution is -2.40. The molecule has 150 valence electrons. The first-order chi connectivity index (χ1) is 12.5. The van der Waals surface area contributed by atoms with E-state index >= 15 is 0 Å². The van der Waals surface area contributed by atoms with Gasteiger partial charge in [0, 0.05) is 19.0 Å². The molecule has 2 saturated heterocycles. The summed E-state index contributed by atoms with van der Waals surface area (Å²) in [4.78, 5) is 11.7. The average molecular weight is 437 g/mol. The molecule has 2 aliphatic rings. The van der Waals surface area contributed by atoms with Crippen molar-refractivity contribution in [2.75, 3.05) is 28.1 Å². The van der Waals surface area contributed by atoms with E-state index in [1.54, 1.807) is 6.92 Å². The normalized spacial score (nSPS) is 24.6. The zero-order valence-electron chi connectivity index (χ0n) is 14.6. The van der Waals surface area contributed by atoms with E-state index in [0.717, 1.165) is 4.31 Å². The molecule has 27 heavy (non-hydrogen) atoms. The Morgan fingerprint density at radius 3 is 2.19 bits per heavy atom. The van der Waals surface area contributed by atoms with E-state index in [-0.39, 0.29) is 47.2 Å².